The van der Waals surface area contributed by atoms with Crippen LogP contribution in [0.3, 0.4) is 0 Å². The molecule has 13 heavy (non-hydrogen) atoms. The summed E-state index contributed by atoms with van der Waals surface area (Å²) in [5, 5.41) is 0. The van der Waals surface area contributed by atoms with Gasteiger partial charge in [0.25, 0.3) is 0 Å². The number of benzene rings is 1. The van der Waals surface area contributed by atoms with Gasteiger partial charge in [-0.3, -0.25) is 0 Å². The van der Waals surface area contributed by atoms with Crippen molar-refractivity contribution >= 4 is 15.4 Å². The molecular weight excluding hydrogens is 184 g/mol. The standard InChI is InChI=1S/C9H14N2OS/c1-7-6-8(10)4-5-9(7)13(3,12)11-2/h4-6H,10H2,1-3H3. The Balaban J connectivity index is 3.42. The number of nitrogens with zero attached hydrogens (tertiary/aromatic N) is 1. The Morgan fingerprint density at radius 1 is 1.46 bits per heavy atom. The van der Waals surface area contributed by atoms with Crippen LogP contribution < -0.4 is 5.73 Å². The van der Waals surface area contributed by atoms with Gasteiger partial charge in [-0.2, -0.15) is 0 Å². The van der Waals surface area contributed by atoms with Crippen molar-refractivity contribution in [3.8, 4) is 0 Å². The van der Waals surface area contributed by atoms with Crippen LogP contribution in [-0.4, -0.2) is 17.5 Å². The molecule has 0 saturated heterocycles. The second-order valence-corrected chi connectivity index (χ2v) is 5.42. The van der Waals surface area contributed by atoms with Gasteiger partial charge in [0, 0.05) is 19.0 Å². The molecule has 1 atom stereocenters. The maximum atomic E-state index is 11.9. The van der Waals surface area contributed by atoms with Gasteiger partial charge in [-0.05, 0) is 30.7 Å². The summed E-state index contributed by atoms with van der Waals surface area (Å²) in [6.45, 7) is 1.89. The molecular formula is C9H14N2OS. The highest BCUT2D eigenvalue weighted by Gasteiger charge is 2.07. The minimum atomic E-state index is -2.23. The van der Waals surface area contributed by atoms with E-state index >= 15 is 0 Å². The van der Waals surface area contributed by atoms with Gasteiger partial charge in [-0.25, -0.2) is 8.57 Å². The van der Waals surface area contributed by atoms with Crippen molar-refractivity contribution < 1.29 is 4.21 Å². The molecule has 3 nitrogen and oxygen atoms in total. The van der Waals surface area contributed by atoms with E-state index in [4.69, 9.17) is 5.73 Å². The summed E-state index contributed by atoms with van der Waals surface area (Å²) in [5.41, 5.74) is 7.21. The lowest BCUT2D eigenvalue weighted by Crippen LogP contribution is -2.00. The highest BCUT2D eigenvalue weighted by atomic mass is 32.2. The lowest BCUT2D eigenvalue weighted by molar-refractivity contribution is 0.679. The molecule has 0 saturated carbocycles. The highest BCUT2D eigenvalue weighted by Crippen LogP contribution is 2.18. The van der Waals surface area contributed by atoms with Crippen LogP contribution in [-0.2, 0) is 9.73 Å². The monoisotopic (exact) mass is 198 g/mol. The maximum absolute atomic E-state index is 11.9. The van der Waals surface area contributed by atoms with Crippen molar-refractivity contribution in [2.75, 3.05) is 19.0 Å². The van der Waals surface area contributed by atoms with Crippen molar-refractivity contribution in [1.82, 2.24) is 0 Å². The summed E-state index contributed by atoms with van der Waals surface area (Å²) >= 11 is 0. The molecule has 0 aliphatic carbocycles. The fourth-order valence-corrected chi connectivity index (χ4v) is 2.37. The molecule has 0 bridgehead atoms. The SMILES string of the molecule is CN=S(C)(=O)c1ccc(N)cc1C. The van der Waals surface area contributed by atoms with E-state index in [-0.39, 0.29) is 0 Å². The van der Waals surface area contributed by atoms with Crippen molar-refractivity contribution in [3.63, 3.8) is 0 Å². The van der Waals surface area contributed by atoms with Crippen LogP contribution >= 0.6 is 0 Å². The van der Waals surface area contributed by atoms with E-state index in [0.717, 1.165) is 10.5 Å². The van der Waals surface area contributed by atoms with E-state index in [9.17, 15) is 4.21 Å². The molecule has 0 amide bonds. The summed E-state index contributed by atoms with van der Waals surface area (Å²) in [6, 6.07) is 5.33. The summed E-state index contributed by atoms with van der Waals surface area (Å²) in [5.74, 6) is 0. The minimum absolute atomic E-state index is 0.688. The predicted octanol–water partition coefficient (Wildman–Crippen LogP) is 1.66. The third kappa shape index (κ3) is 2.01. The number of anilines is 1. The number of rotatable bonds is 1. The fraction of sp³-hybridized carbons (Fsp3) is 0.333. The summed E-state index contributed by atoms with van der Waals surface area (Å²) in [6.07, 6.45) is 1.63. The molecule has 0 spiro atoms. The molecule has 0 aromatic heterocycles. The molecule has 72 valence electrons. The van der Waals surface area contributed by atoms with Gasteiger partial charge in [0.1, 0.15) is 0 Å². The van der Waals surface area contributed by atoms with Crippen LogP contribution in [0, 0.1) is 6.92 Å². The molecule has 1 aromatic rings. The molecule has 1 unspecified atom stereocenters. The zero-order valence-corrected chi connectivity index (χ0v) is 8.89. The lowest BCUT2D eigenvalue weighted by atomic mass is 10.2. The first-order valence-corrected chi connectivity index (χ1v) is 5.86. The summed E-state index contributed by atoms with van der Waals surface area (Å²) in [4.78, 5) is 0.768. The lowest BCUT2D eigenvalue weighted by Gasteiger charge is -2.07. The van der Waals surface area contributed by atoms with Crippen molar-refractivity contribution in [1.29, 1.82) is 0 Å². The van der Waals surface area contributed by atoms with Gasteiger partial charge < -0.3 is 5.73 Å². The average Bonchev–Trinajstić information content (AvgIpc) is 2.03. The van der Waals surface area contributed by atoms with Crippen molar-refractivity contribution in [3.05, 3.63) is 23.8 Å². The smallest absolute Gasteiger partial charge is 0.0722 e. The number of aryl methyl sites for hydroxylation is 1. The first kappa shape index (κ1) is 10.1. The van der Waals surface area contributed by atoms with E-state index in [1.165, 1.54) is 0 Å². The van der Waals surface area contributed by atoms with Gasteiger partial charge in [-0.1, -0.05) is 0 Å². The Bertz CT molecular complexity index is 431. The third-order valence-corrected chi connectivity index (χ3v) is 3.93. The molecule has 0 aliphatic rings. The van der Waals surface area contributed by atoms with Gasteiger partial charge in [-0.15, -0.1) is 0 Å². The van der Waals surface area contributed by atoms with Crippen LogP contribution in [0.4, 0.5) is 5.69 Å². The molecule has 0 radical (unpaired) electrons. The predicted molar refractivity (Wildman–Crippen MR) is 56.3 cm³/mol. The minimum Gasteiger partial charge on any atom is -0.399 e. The molecule has 1 aromatic carbocycles. The Hall–Kier alpha value is -1.03. The van der Waals surface area contributed by atoms with Crippen LogP contribution in [0.2, 0.25) is 0 Å². The van der Waals surface area contributed by atoms with Gasteiger partial charge in [0.2, 0.25) is 0 Å². The van der Waals surface area contributed by atoms with Crippen LogP contribution in [0.15, 0.2) is 27.5 Å². The summed E-state index contributed by atoms with van der Waals surface area (Å²) in [7, 11) is -0.659. The van der Waals surface area contributed by atoms with Crippen LogP contribution in [0.1, 0.15) is 5.56 Å². The number of nitrogen functional groups attached to an aromatic ring is 1. The topological polar surface area (TPSA) is 55.5 Å². The van der Waals surface area contributed by atoms with Crippen molar-refractivity contribution in [2.45, 2.75) is 11.8 Å². The van der Waals surface area contributed by atoms with E-state index < -0.39 is 9.73 Å². The molecule has 0 fully saturated rings. The fourth-order valence-electron chi connectivity index (χ4n) is 1.20. The molecule has 4 heteroatoms. The third-order valence-electron chi connectivity index (χ3n) is 1.96. The Morgan fingerprint density at radius 3 is 2.54 bits per heavy atom. The molecule has 0 heterocycles. The first-order chi connectivity index (χ1) is 5.97. The zero-order valence-electron chi connectivity index (χ0n) is 8.07. The Kier molecular flexibility index (Phi) is 2.61. The average molecular weight is 198 g/mol. The number of hydrogen-bond donors (Lipinski definition) is 1. The van der Waals surface area contributed by atoms with E-state index in [0.29, 0.717) is 5.69 Å². The van der Waals surface area contributed by atoms with Crippen LogP contribution in [0.5, 0.6) is 0 Å². The quantitative estimate of drug-likeness (QED) is 0.698. The van der Waals surface area contributed by atoms with Crippen LogP contribution in [0.25, 0.3) is 0 Å². The van der Waals surface area contributed by atoms with Gasteiger partial charge in [0.05, 0.1) is 14.6 Å². The molecule has 2 N–H and O–H groups in total. The van der Waals surface area contributed by atoms with E-state index in [1.807, 2.05) is 13.0 Å². The second kappa shape index (κ2) is 3.38. The molecule has 1 rings (SSSR count). The van der Waals surface area contributed by atoms with E-state index in [2.05, 4.69) is 4.36 Å². The Labute approximate surface area is 79.1 Å². The number of nitrogens with two attached hydrogens (primary N) is 1. The van der Waals surface area contributed by atoms with Crippen molar-refractivity contribution in [2.24, 2.45) is 4.36 Å². The van der Waals surface area contributed by atoms with Gasteiger partial charge in [0.15, 0.2) is 0 Å². The summed E-state index contributed by atoms with van der Waals surface area (Å²) < 4.78 is 15.7. The number of hydrogen-bond acceptors (Lipinski definition) is 3. The normalized spacial score (nSPS) is 15.0. The zero-order chi connectivity index (χ0) is 10.1. The largest absolute Gasteiger partial charge is 0.399 e. The first-order valence-electron chi connectivity index (χ1n) is 3.94. The maximum Gasteiger partial charge on any atom is 0.0722 e. The highest BCUT2D eigenvalue weighted by molar-refractivity contribution is 7.93. The van der Waals surface area contributed by atoms with Gasteiger partial charge >= 0.3 is 0 Å². The Morgan fingerprint density at radius 2 is 2.08 bits per heavy atom. The molecule has 0 aliphatic heterocycles. The van der Waals surface area contributed by atoms with E-state index in [1.54, 1.807) is 25.4 Å². The second-order valence-electron chi connectivity index (χ2n) is 3.01.